The number of H-pyrrole nitrogens is 1. The second-order valence-corrected chi connectivity index (χ2v) is 18.1. The van der Waals surface area contributed by atoms with Crippen LogP contribution in [0.5, 0.6) is 0 Å². The van der Waals surface area contributed by atoms with Crippen LogP contribution in [0.3, 0.4) is 0 Å². The van der Waals surface area contributed by atoms with Crippen molar-refractivity contribution in [1.29, 1.82) is 0 Å². The van der Waals surface area contributed by atoms with E-state index in [4.69, 9.17) is 4.74 Å². The summed E-state index contributed by atoms with van der Waals surface area (Å²) in [5, 5.41) is 9.07. The number of rotatable bonds is 17. The maximum absolute atomic E-state index is 14.0. The Kier molecular flexibility index (Phi) is 15.8. The Labute approximate surface area is 397 Å². The van der Waals surface area contributed by atoms with Gasteiger partial charge in [0, 0.05) is 95.9 Å². The molecule has 5 aromatic rings. The molecule has 3 aliphatic heterocycles. The molecular weight excluding hydrogens is 863 g/mol. The second kappa shape index (κ2) is 22.5. The fraction of sp³-hybridized carbons (Fsp3) is 0.451. The number of amides is 4. The summed E-state index contributed by atoms with van der Waals surface area (Å²) < 4.78 is 6.13. The molecule has 0 radical (unpaired) electrons. The maximum Gasteiger partial charge on any atom is 0.274 e. The number of nitrogens with one attached hydrogen (secondary N) is 4. The highest BCUT2D eigenvalue weighted by Gasteiger charge is 2.28. The van der Waals surface area contributed by atoms with Crippen molar-refractivity contribution >= 4 is 46.0 Å². The number of ether oxygens (including phenoxy) is 1. The Morgan fingerprint density at radius 2 is 1.65 bits per heavy atom. The van der Waals surface area contributed by atoms with E-state index in [2.05, 4.69) is 64.7 Å². The maximum atomic E-state index is 14.0. The molecule has 4 N–H and O–H groups in total. The molecule has 3 aliphatic rings. The minimum absolute atomic E-state index is 0.0360. The van der Waals surface area contributed by atoms with Gasteiger partial charge in [-0.1, -0.05) is 38.1 Å². The number of fused-ring (bicyclic) bond motifs is 1. The molecule has 0 saturated carbocycles. The van der Waals surface area contributed by atoms with Crippen LogP contribution < -0.4 is 26.4 Å². The van der Waals surface area contributed by atoms with E-state index in [0.717, 1.165) is 84.5 Å². The van der Waals surface area contributed by atoms with Crippen molar-refractivity contribution in [1.82, 2.24) is 45.3 Å². The Balaban J connectivity index is 0.769. The number of aromatic amines is 1. The molecule has 0 unspecified atom stereocenters. The largest absolute Gasteiger partial charge is 0.376 e. The highest BCUT2D eigenvalue weighted by Crippen LogP contribution is 2.28. The van der Waals surface area contributed by atoms with E-state index in [0.29, 0.717) is 76.4 Å². The third-order valence-electron chi connectivity index (χ3n) is 13.3. The van der Waals surface area contributed by atoms with E-state index in [9.17, 15) is 24.0 Å². The highest BCUT2D eigenvalue weighted by atomic mass is 16.5. The second-order valence-electron chi connectivity index (χ2n) is 18.1. The van der Waals surface area contributed by atoms with Gasteiger partial charge in [0.1, 0.15) is 5.69 Å². The number of nitrogens with zero attached hydrogens (tertiary/aromatic N) is 7. The average Bonchev–Trinajstić information content (AvgIpc) is 3.36. The Hall–Kier alpha value is -6.56. The first-order valence-electron chi connectivity index (χ1n) is 24.0. The van der Waals surface area contributed by atoms with Crippen LogP contribution >= 0.6 is 0 Å². The molecule has 3 fully saturated rings. The van der Waals surface area contributed by atoms with Crippen LogP contribution in [0.1, 0.15) is 77.2 Å². The van der Waals surface area contributed by atoms with E-state index in [1.165, 1.54) is 5.56 Å². The molecule has 68 heavy (non-hydrogen) atoms. The summed E-state index contributed by atoms with van der Waals surface area (Å²) in [4.78, 5) is 89.5. The first kappa shape index (κ1) is 47.9. The van der Waals surface area contributed by atoms with Crippen LogP contribution in [0.15, 0.2) is 78.0 Å². The lowest BCUT2D eigenvalue weighted by Gasteiger charge is -2.36. The van der Waals surface area contributed by atoms with E-state index in [1.54, 1.807) is 28.3 Å². The third kappa shape index (κ3) is 12.1. The van der Waals surface area contributed by atoms with Crippen molar-refractivity contribution in [2.45, 2.75) is 65.0 Å². The standard InChI is InChI=1S/C51H63N11O6/c1-4-34-7-6-8-38(23-34)39-27-45(57-46(63)32-52-28-35-11-15-59(3)47(64)25-35)48(56-30-39)51(67)62-16-12-41(13-17-62)68-22-14-53-50(66)42-10-9-40(31-55-42)61-20-18-60(19-21-61)33-36-24-44-43(54-29-36)26-37(5-2)49(65)58-44/h6-10,23-24,26-27,29-31,35,41,52H,4-5,11-22,25,28,32-33H2,1-3H3,(H,53,66)(H,57,63)(H,58,65)/t35-/m0/s1. The van der Waals surface area contributed by atoms with Gasteiger partial charge in [-0.2, -0.15) is 0 Å². The third-order valence-corrected chi connectivity index (χ3v) is 13.3. The topological polar surface area (TPSA) is 198 Å². The number of aryl methyl sites for hydroxylation is 2. The van der Waals surface area contributed by atoms with E-state index in [-0.39, 0.29) is 53.4 Å². The number of aromatic nitrogens is 4. The van der Waals surface area contributed by atoms with Crippen molar-refractivity contribution in [2.75, 3.05) is 89.3 Å². The summed E-state index contributed by atoms with van der Waals surface area (Å²) in [7, 11) is 1.81. The van der Waals surface area contributed by atoms with E-state index >= 15 is 0 Å². The predicted octanol–water partition coefficient (Wildman–Crippen LogP) is 4.27. The van der Waals surface area contributed by atoms with E-state index < -0.39 is 0 Å². The van der Waals surface area contributed by atoms with Crippen LogP contribution in [0, 0.1) is 5.92 Å². The Morgan fingerprint density at radius 1 is 0.824 bits per heavy atom. The van der Waals surface area contributed by atoms with Crippen molar-refractivity contribution in [3.8, 4) is 11.1 Å². The monoisotopic (exact) mass is 925 g/mol. The molecule has 17 nitrogen and oxygen atoms in total. The summed E-state index contributed by atoms with van der Waals surface area (Å²) in [6.07, 6.45) is 9.35. The fourth-order valence-corrected chi connectivity index (χ4v) is 9.13. The first-order chi connectivity index (χ1) is 33.0. The molecule has 1 aromatic carbocycles. The SMILES string of the molecule is CCc1cccc(-c2cnc(C(=O)N3CCC(OCCNC(=O)c4ccc(N5CCN(Cc6cnc7cc(CC)c(=O)[nH]c7c6)CC5)cn4)CC3)c(NC(=O)CNC[C@H]3CCN(C)C(=O)C3)c2)c1. The number of piperidine rings is 2. The minimum Gasteiger partial charge on any atom is -0.376 e. The molecule has 358 valence electrons. The van der Waals surface area contributed by atoms with Crippen molar-refractivity contribution in [3.63, 3.8) is 0 Å². The number of carbonyl (C=O) groups is 4. The Morgan fingerprint density at radius 3 is 2.40 bits per heavy atom. The molecule has 4 amide bonds. The smallest absolute Gasteiger partial charge is 0.274 e. The fourth-order valence-electron chi connectivity index (χ4n) is 9.13. The normalized spacial score (nSPS) is 17.1. The predicted molar refractivity (Wildman–Crippen MR) is 262 cm³/mol. The average molecular weight is 926 g/mol. The van der Waals surface area contributed by atoms with Gasteiger partial charge in [0.25, 0.3) is 17.4 Å². The number of hydrogen-bond acceptors (Lipinski definition) is 12. The van der Waals surface area contributed by atoms with E-state index in [1.807, 2.05) is 56.6 Å². The van der Waals surface area contributed by atoms with Crippen LogP contribution in [0.4, 0.5) is 11.4 Å². The van der Waals surface area contributed by atoms with Gasteiger partial charge in [0.05, 0.1) is 47.9 Å². The van der Waals surface area contributed by atoms with Gasteiger partial charge in [-0.3, -0.25) is 33.9 Å². The lowest BCUT2D eigenvalue weighted by molar-refractivity contribution is -0.133. The summed E-state index contributed by atoms with van der Waals surface area (Å²) >= 11 is 0. The van der Waals surface area contributed by atoms with Crippen molar-refractivity contribution in [2.24, 2.45) is 5.92 Å². The van der Waals surface area contributed by atoms with Gasteiger partial charge in [0.2, 0.25) is 11.8 Å². The minimum atomic E-state index is -0.295. The van der Waals surface area contributed by atoms with Crippen LogP contribution in [-0.4, -0.2) is 143 Å². The molecule has 8 rings (SSSR count). The first-order valence-corrected chi connectivity index (χ1v) is 24.0. The van der Waals surface area contributed by atoms with Crippen molar-refractivity contribution in [3.05, 3.63) is 112 Å². The van der Waals surface area contributed by atoms with Crippen molar-refractivity contribution < 1.29 is 23.9 Å². The summed E-state index contributed by atoms with van der Waals surface area (Å²) in [6.45, 7) is 11.0. The van der Waals surface area contributed by atoms with Gasteiger partial charge in [-0.25, -0.2) is 9.97 Å². The summed E-state index contributed by atoms with van der Waals surface area (Å²) in [5.41, 5.74) is 8.02. The number of likely N-dealkylation sites (tertiary alicyclic amines) is 2. The van der Waals surface area contributed by atoms with Crippen LogP contribution in [0.25, 0.3) is 22.2 Å². The number of benzene rings is 1. The molecule has 0 bridgehead atoms. The summed E-state index contributed by atoms with van der Waals surface area (Å²) in [5.74, 6) is -0.547. The lowest BCUT2D eigenvalue weighted by atomic mass is 9.96. The quantitative estimate of drug-likeness (QED) is 0.0969. The number of piperazine rings is 1. The number of pyridine rings is 4. The molecule has 3 saturated heterocycles. The number of hydrogen-bond donors (Lipinski definition) is 4. The summed E-state index contributed by atoms with van der Waals surface area (Å²) in [6, 6.07) is 17.5. The zero-order valence-electron chi connectivity index (χ0n) is 39.4. The molecule has 7 heterocycles. The van der Waals surface area contributed by atoms with Gasteiger partial charge in [-0.05, 0) is 91.6 Å². The van der Waals surface area contributed by atoms with Gasteiger partial charge in [-0.15, -0.1) is 0 Å². The zero-order chi connectivity index (χ0) is 47.6. The molecule has 0 aliphatic carbocycles. The van der Waals surface area contributed by atoms with Gasteiger partial charge < -0.3 is 40.4 Å². The lowest BCUT2D eigenvalue weighted by Crippen LogP contribution is -2.46. The van der Waals surface area contributed by atoms with Gasteiger partial charge >= 0.3 is 0 Å². The zero-order valence-corrected chi connectivity index (χ0v) is 39.4. The number of carbonyl (C=O) groups excluding carboxylic acids is 4. The molecule has 4 aromatic heterocycles. The molecule has 1 atom stereocenters. The highest BCUT2D eigenvalue weighted by molar-refractivity contribution is 6.03. The Bertz CT molecular complexity index is 2640. The number of anilines is 2. The molecule has 17 heteroatoms. The van der Waals surface area contributed by atoms with Gasteiger partial charge in [0.15, 0.2) is 5.69 Å². The molecular formula is C51H63N11O6. The van der Waals surface area contributed by atoms with Crippen LogP contribution in [-0.2, 0) is 33.7 Å². The van der Waals surface area contributed by atoms with Crippen LogP contribution in [0.2, 0.25) is 0 Å². The molecule has 0 spiro atoms.